The number of anilines is 1. The third-order valence-electron chi connectivity index (χ3n) is 2.91. The number of nitrogens with zero attached hydrogens (tertiary/aromatic N) is 1. The zero-order valence-electron chi connectivity index (χ0n) is 11.2. The number of hydrogen-bond donors (Lipinski definition) is 2. The average Bonchev–Trinajstić information content (AvgIpc) is 2.43. The molecule has 0 atom stereocenters. The maximum atomic E-state index is 11.3. The minimum atomic E-state index is -0.0807. The lowest BCUT2D eigenvalue weighted by Gasteiger charge is -2.12. The molecule has 0 aliphatic rings. The summed E-state index contributed by atoms with van der Waals surface area (Å²) in [6.45, 7) is 0.362. The first-order valence-corrected chi connectivity index (χ1v) is 6.35. The SMILES string of the molecule is COc1cc(Cl)cc(CNc2ccc(=O)n(C)c2)c1O. The summed E-state index contributed by atoms with van der Waals surface area (Å²) < 4.78 is 6.52. The van der Waals surface area contributed by atoms with E-state index in [0.717, 1.165) is 5.69 Å². The fourth-order valence-corrected chi connectivity index (χ4v) is 2.05. The molecule has 2 rings (SSSR count). The number of phenolic OH excluding ortho intramolecular Hbond substituents is 1. The quantitative estimate of drug-likeness (QED) is 0.909. The lowest BCUT2D eigenvalue weighted by Crippen LogP contribution is -2.15. The smallest absolute Gasteiger partial charge is 0.250 e. The van der Waals surface area contributed by atoms with Crippen molar-refractivity contribution >= 4 is 17.3 Å². The van der Waals surface area contributed by atoms with Gasteiger partial charge in [0.15, 0.2) is 11.5 Å². The number of rotatable bonds is 4. The Balaban J connectivity index is 2.20. The molecule has 0 bridgehead atoms. The molecule has 0 fully saturated rings. The highest BCUT2D eigenvalue weighted by Crippen LogP contribution is 2.33. The van der Waals surface area contributed by atoms with Crippen LogP contribution in [0.25, 0.3) is 0 Å². The molecule has 5 nitrogen and oxygen atoms in total. The van der Waals surface area contributed by atoms with Crippen molar-refractivity contribution in [3.05, 3.63) is 51.4 Å². The Bertz CT molecular complexity index is 683. The number of benzene rings is 1. The minimum absolute atomic E-state index is 0.0502. The lowest BCUT2D eigenvalue weighted by atomic mass is 10.2. The summed E-state index contributed by atoms with van der Waals surface area (Å²) >= 11 is 5.96. The van der Waals surface area contributed by atoms with Crippen LogP contribution in [0.1, 0.15) is 5.56 Å². The fraction of sp³-hybridized carbons (Fsp3) is 0.214. The first kappa shape index (κ1) is 14.3. The van der Waals surface area contributed by atoms with Gasteiger partial charge in [-0.3, -0.25) is 4.79 Å². The lowest BCUT2D eigenvalue weighted by molar-refractivity contribution is 0.371. The van der Waals surface area contributed by atoms with Gasteiger partial charge in [0, 0.05) is 42.5 Å². The number of nitrogens with one attached hydrogen (secondary N) is 1. The number of halogens is 1. The molecule has 2 N–H and O–H groups in total. The van der Waals surface area contributed by atoms with E-state index in [-0.39, 0.29) is 11.3 Å². The van der Waals surface area contributed by atoms with Gasteiger partial charge in [-0.1, -0.05) is 11.6 Å². The maximum absolute atomic E-state index is 11.3. The van der Waals surface area contributed by atoms with Crippen molar-refractivity contribution in [3.63, 3.8) is 0 Å². The van der Waals surface area contributed by atoms with Gasteiger partial charge in [0.1, 0.15) is 0 Å². The molecule has 106 valence electrons. The van der Waals surface area contributed by atoms with Crippen molar-refractivity contribution in [3.8, 4) is 11.5 Å². The molecule has 0 spiro atoms. The Morgan fingerprint density at radius 2 is 2.15 bits per heavy atom. The summed E-state index contributed by atoms with van der Waals surface area (Å²) in [5.41, 5.74) is 1.30. The average molecular weight is 295 g/mol. The Morgan fingerprint density at radius 1 is 1.40 bits per heavy atom. The fourth-order valence-electron chi connectivity index (χ4n) is 1.81. The highest BCUT2D eigenvalue weighted by atomic mass is 35.5. The van der Waals surface area contributed by atoms with Gasteiger partial charge in [0.25, 0.3) is 0 Å². The van der Waals surface area contributed by atoms with Crippen molar-refractivity contribution in [1.29, 1.82) is 0 Å². The molecular weight excluding hydrogens is 280 g/mol. The number of aryl methyl sites for hydroxylation is 1. The number of aromatic nitrogens is 1. The Kier molecular flexibility index (Phi) is 4.20. The van der Waals surface area contributed by atoms with Crippen molar-refractivity contribution in [2.24, 2.45) is 7.05 Å². The Labute approximate surface area is 121 Å². The van der Waals surface area contributed by atoms with Gasteiger partial charge in [-0.05, 0) is 12.1 Å². The summed E-state index contributed by atoms with van der Waals surface area (Å²) in [5, 5.41) is 13.6. The van der Waals surface area contributed by atoms with E-state index in [4.69, 9.17) is 16.3 Å². The van der Waals surface area contributed by atoms with E-state index < -0.39 is 0 Å². The molecule has 1 aromatic heterocycles. The van der Waals surface area contributed by atoms with Crippen molar-refractivity contribution in [2.75, 3.05) is 12.4 Å². The summed E-state index contributed by atoms with van der Waals surface area (Å²) in [4.78, 5) is 11.3. The molecule has 0 saturated heterocycles. The largest absolute Gasteiger partial charge is 0.504 e. The zero-order chi connectivity index (χ0) is 14.7. The first-order chi connectivity index (χ1) is 9.51. The summed E-state index contributed by atoms with van der Waals surface area (Å²) in [5.74, 6) is 0.379. The normalized spacial score (nSPS) is 10.3. The van der Waals surface area contributed by atoms with Gasteiger partial charge >= 0.3 is 0 Å². The second kappa shape index (κ2) is 5.88. The Hall–Kier alpha value is -2.14. The highest BCUT2D eigenvalue weighted by molar-refractivity contribution is 6.30. The topological polar surface area (TPSA) is 63.5 Å². The van der Waals surface area contributed by atoms with Crippen LogP contribution in [0.4, 0.5) is 5.69 Å². The van der Waals surface area contributed by atoms with E-state index in [1.807, 2.05) is 0 Å². The molecule has 1 heterocycles. The molecular formula is C14H15ClN2O3. The number of methoxy groups -OCH3 is 1. The monoisotopic (exact) mass is 294 g/mol. The molecule has 0 saturated carbocycles. The number of pyridine rings is 1. The van der Waals surface area contributed by atoms with Crippen LogP contribution in [0.3, 0.4) is 0 Å². The van der Waals surface area contributed by atoms with Crippen molar-refractivity contribution in [2.45, 2.75) is 6.54 Å². The third-order valence-corrected chi connectivity index (χ3v) is 3.13. The van der Waals surface area contributed by atoms with Gasteiger partial charge in [-0.25, -0.2) is 0 Å². The number of hydrogen-bond acceptors (Lipinski definition) is 4. The summed E-state index contributed by atoms with van der Waals surface area (Å²) in [6, 6.07) is 6.36. The first-order valence-electron chi connectivity index (χ1n) is 5.97. The summed E-state index contributed by atoms with van der Waals surface area (Å²) in [6.07, 6.45) is 1.68. The molecule has 0 unspecified atom stereocenters. The number of ether oxygens (including phenoxy) is 1. The van der Waals surface area contributed by atoms with E-state index in [1.54, 1.807) is 31.4 Å². The highest BCUT2D eigenvalue weighted by Gasteiger charge is 2.09. The van der Waals surface area contributed by atoms with Crippen LogP contribution in [0, 0.1) is 0 Å². The second-order valence-electron chi connectivity index (χ2n) is 4.34. The number of phenols is 1. The van der Waals surface area contributed by atoms with Gasteiger partial charge in [0.05, 0.1) is 12.8 Å². The molecule has 0 radical (unpaired) electrons. The van der Waals surface area contributed by atoms with Crippen molar-refractivity contribution < 1.29 is 9.84 Å². The van der Waals surface area contributed by atoms with Gasteiger partial charge < -0.3 is 19.7 Å². The molecule has 0 amide bonds. The van der Waals surface area contributed by atoms with Crippen LogP contribution in [0.15, 0.2) is 35.3 Å². The second-order valence-corrected chi connectivity index (χ2v) is 4.77. The van der Waals surface area contributed by atoms with Crippen LogP contribution in [-0.2, 0) is 13.6 Å². The molecule has 0 aliphatic heterocycles. The van der Waals surface area contributed by atoms with E-state index in [2.05, 4.69) is 5.32 Å². The predicted octanol–water partition coefficient (Wildman–Crippen LogP) is 2.37. The van der Waals surface area contributed by atoms with Crippen LogP contribution < -0.4 is 15.6 Å². The molecule has 2 aromatic rings. The predicted molar refractivity (Wildman–Crippen MR) is 78.7 cm³/mol. The van der Waals surface area contributed by atoms with Crippen LogP contribution in [-0.4, -0.2) is 16.8 Å². The zero-order valence-corrected chi connectivity index (χ0v) is 11.9. The molecule has 0 aliphatic carbocycles. The summed E-state index contributed by atoms with van der Waals surface area (Å²) in [7, 11) is 3.14. The Morgan fingerprint density at radius 3 is 2.80 bits per heavy atom. The van der Waals surface area contributed by atoms with Crippen LogP contribution in [0.5, 0.6) is 11.5 Å². The van der Waals surface area contributed by atoms with Crippen LogP contribution in [0.2, 0.25) is 5.02 Å². The molecule has 20 heavy (non-hydrogen) atoms. The van der Waals surface area contributed by atoms with Crippen LogP contribution >= 0.6 is 11.6 Å². The van der Waals surface area contributed by atoms with E-state index in [9.17, 15) is 9.90 Å². The molecule has 1 aromatic carbocycles. The maximum Gasteiger partial charge on any atom is 0.250 e. The van der Waals surface area contributed by atoms with Crippen molar-refractivity contribution in [1.82, 2.24) is 4.57 Å². The van der Waals surface area contributed by atoms with Gasteiger partial charge in [-0.15, -0.1) is 0 Å². The van der Waals surface area contributed by atoms with E-state index >= 15 is 0 Å². The minimum Gasteiger partial charge on any atom is -0.504 e. The van der Waals surface area contributed by atoms with Gasteiger partial charge in [-0.2, -0.15) is 0 Å². The van der Waals surface area contributed by atoms with E-state index in [1.165, 1.54) is 17.7 Å². The molecule has 6 heteroatoms. The van der Waals surface area contributed by atoms with E-state index in [0.29, 0.717) is 22.9 Å². The third kappa shape index (κ3) is 3.05. The standard InChI is InChI=1S/C14H15ClN2O3/c1-17-8-11(3-4-13(17)18)16-7-9-5-10(15)6-12(20-2)14(9)19/h3-6,8,16,19H,7H2,1-2H3. The van der Waals surface area contributed by atoms with Gasteiger partial charge in [0.2, 0.25) is 5.56 Å². The number of aromatic hydroxyl groups is 1.